The minimum atomic E-state index is -0.332. The number of aromatic nitrogens is 3. The molecule has 6 unspecified atom stereocenters. The monoisotopic (exact) mass is 1750 g/mol. The molecule has 17 rings (SSSR count). The number of hydrogen-bond acceptors (Lipinski definition) is 10. The van der Waals surface area contributed by atoms with E-state index in [1.807, 2.05) is 43.6 Å². The molecule has 12 aliphatic carbocycles. The van der Waals surface area contributed by atoms with E-state index in [1.165, 1.54) is 120 Å². The van der Waals surface area contributed by atoms with E-state index < -0.39 is 0 Å². The summed E-state index contributed by atoms with van der Waals surface area (Å²) >= 11 is 0. The molecule has 0 bridgehead atoms. The van der Waals surface area contributed by atoms with Gasteiger partial charge in [0.25, 0.3) is 0 Å². The summed E-state index contributed by atoms with van der Waals surface area (Å²) in [7, 11) is 0. The number of halogens is 2. The molecule has 24 atom stereocenters. The molecular weight excluding hydrogens is 1590 g/mol. The number of Topliss-reactive ketones (excluding diaryl/α,β-unsaturated/α-hetero) is 6. The van der Waals surface area contributed by atoms with Gasteiger partial charge in [0.05, 0.1) is 23.7 Å². The van der Waals surface area contributed by atoms with Gasteiger partial charge in [-0.2, -0.15) is 0 Å². The fraction of sp³-hybridized carbons (Fsp3) is 0.687. The number of benzene rings is 3. The molecular formula is C115H165F2N3O8. The molecule has 10 saturated carbocycles. The maximum absolute atomic E-state index is 14.5. The summed E-state index contributed by atoms with van der Waals surface area (Å²) in [5.41, 5.74) is 8.34. The molecule has 2 aromatic heterocycles. The summed E-state index contributed by atoms with van der Waals surface area (Å²) in [5, 5.41) is 19.3. The highest BCUT2D eigenvalue weighted by Crippen LogP contribution is 2.61. The van der Waals surface area contributed by atoms with Crippen LogP contribution in [0.15, 0.2) is 121 Å². The zero-order valence-corrected chi connectivity index (χ0v) is 82.1. The van der Waals surface area contributed by atoms with Crippen molar-refractivity contribution in [1.82, 2.24) is 14.5 Å². The Labute approximate surface area is 770 Å². The number of allylic oxidation sites excluding steroid dienone is 3. The van der Waals surface area contributed by atoms with Crippen LogP contribution in [0, 0.1) is 139 Å². The Balaban J connectivity index is 0.000000144. The van der Waals surface area contributed by atoms with Crippen molar-refractivity contribution in [3.8, 4) is 28.2 Å². The molecule has 2 heterocycles. The van der Waals surface area contributed by atoms with Crippen molar-refractivity contribution >= 4 is 34.7 Å². The largest absolute Gasteiger partial charge is 0.515 e. The van der Waals surface area contributed by atoms with Gasteiger partial charge in [-0.1, -0.05) is 231 Å². The Morgan fingerprint density at radius 1 is 0.422 bits per heavy atom. The number of aliphatic hydroxyl groups excluding tert-OH is 2. The second-order valence-corrected chi connectivity index (χ2v) is 44.5. The number of fused-ring (bicyclic) bond motifs is 8. The van der Waals surface area contributed by atoms with E-state index in [1.54, 1.807) is 24.3 Å². The molecule has 2 N–H and O–H groups in total. The number of imidazole rings is 1. The second kappa shape index (κ2) is 43.4. The number of pyridine rings is 1. The third-order valence-electron chi connectivity index (χ3n) is 36.8. The number of nitrogens with zero attached hydrogens (tertiary/aromatic N) is 3. The SMILES string of the molecule is CCC[C@H]1C(C)CC[C@@]2(C)C(=O)/C(=C\O)CC[C@H]12.CCC[C@H]1C(C)CC[C@@]2(C)C(=O)C(=O)CC[C@H]12.CCC[C@H]1C(C)CC[C@@]2(C)C(=O)C(Cc3cccc(F)c3)=CC[C@H]12.CCC[C@H]1C(C)CC[C@@]2(C)C(=O)CCC[C@H]12.CCC[C@H]1C(C)CC[C@@]2(C)c3nc(-c4cccc(-c5ccncc5)c4)n(-c4cccc(F)c4)c3CC[C@H]12.CCC[C@H]1C(O)CC[C@@]2(C)C(=O)CCC[C@H]12. The minimum absolute atomic E-state index is 0.0462. The lowest BCUT2D eigenvalue weighted by Crippen LogP contribution is -2.51. The minimum Gasteiger partial charge on any atom is -0.515 e. The first-order chi connectivity index (χ1) is 61.2. The van der Waals surface area contributed by atoms with Gasteiger partial charge in [-0.15, -0.1) is 0 Å². The molecule has 702 valence electrons. The number of ketones is 6. The van der Waals surface area contributed by atoms with Gasteiger partial charge in [0, 0.05) is 87.4 Å². The maximum Gasteiger partial charge on any atom is 0.204 e. The molecule has 10 fully saturated rings. The third-order valence-corrected chi connectivity index (χ3v) is 36.8. The quantitative estimate of drug-likeness (QED) is 0.0518. The van der Waals surface area contributed by atoms with Crippen molar-refractivity contribution in [2.24, 2.45) is 128 Å². The van der Waals surface area contributed by atoms with Crippen LogP contribution in [0.1, 0.15) is 366 Å². The van der Waals surface area contributed by atoms with Crippen molar-refractivity contribution in [3.05, 3.63) is 149 Å². The van der Waals surface area contributed by atoms with Crippen LogP contribution in [0.4, 0.5) is 8.78 Å². The molecule has 0 saturated heterocycles. The average molecular weight is 1760 g/mol. The first kappa shape index (κ1) is 100. The lowest BCUT2D eigenvalue weighted by atomic mass is 9.52. The average Bonchev–Trinajstić information content (AvgIpc) is 1.54. The number of rotatable bonds is 17. The number of hydrogen-bond donors (Lipinski definition) is 2. The Morgan fingerprint density at radius 3 is 1.36 bits per heavy atom. The first-order valence-corrected chi connectivity index (χ1v) is 51.8. The summed E-state index contributed by atoms with van der Waals surface area (Å²) in [5.74, 6) is 12.8. The van der Waals surface area contributed by atoms with E-state index in [2.05, 4.69) is 151 Å². The van der Waals surface area contributed by atoms with Crippen molar-refractivity contribution in [2.45, 2.75) is 373 Å². The molecule has 0 radical (unpaired) electrons. The number of aliphatic hydroxyl groups is 2. The van der Waals surface area contributed by atoms with Crippen LogP contribution in [0.5, 0.6) is 0 Å². The zero-order valence-electron chi connectivity index (χ0n) is 82.1. The van der Waals surface area contributed by atoms with Crippen LogP contribution in [-0.4, -0.2) is 65.6 Å². The molecule has 13 heteroatoms. The molecule has 3 aromatic carbocycles. The highest BCUT2D eigenvalue weighted by Gasteiger charge is 2.58. The van der Waals surface area contributed by atoms with Crippen molar-refractivity contribution < 1.29 is 47.8 Å². The molecule has 128 heavy (non-hydrogen) atoms. The summed E-state index contributed by atoms with van der Waals surface area (Å²) in [6.45, 7) is 38.6. The van der Waals surface area contributed by atoms with Gasteiger partial charge in [0.15, 0.2) is 17.3 Å². The normalized spacial score (nSPS) is 36.1. The molecule has 11 nitrogen and oxygen atoms in total. The fourth-order valence-electron chi connectivity index (χ4n) is 29.1. The summed E-state index contributed by atoms with van der Waals surface area (Å²) in [6.07, 6.45) is 47.4. The lowest BCUT2D eigenvalue weighted by molar-refractivity contribution is -0.153. The number of carbonyl (C=O) groups is 6. The van der Waals surface area contributed by atoms with Gasteiger partial charge in [-0.3, -0.25) is 38.3 Å². The van der Waals surface area contributed by atoms with Gasteiger partial charge < -0.3 is 10.2 Å². The van der Waals surface area contributed by atoms with Gasteiger partial charge in [0.2, 0.25) is 5.78 Å². The zero-order chi connectivity index (χ0) is 92.4. The van der Waals surface area contributed by atoms with Crippen LogP contribution >= 0.6 is 0 Å². The number of carbonyl (C=O) groups excluding carboxylic acids is 6. The van der Waals surface area contributed by atoms with E-state index in [0.29, 0.717) is 107 Å². The molecule has 0 amide bonds. The standard InChI is InChI=1S/C33H36FN3.C22H29FO.C16H26O2.C15H24O2.C15H26O.C14H24O2/c1-4-7-28-22(2)14-17-33(3)29(28)12-13-30-31(33)36-32(37(30)27-11-6-10-26(34)21-27)25-9-5-8-24(20-25)23-15-18-35-19-16-23;1-4-6-19-15(2)11-12-22(3)20(19)10-9-17(21(22)24)13-16-7-5-8-18(23)14-16;1-4-5-13-11(2)8-9-16(3)14(13)7-6-12(10-17)15(16)18;1-4-5-11-10(2)8-9-15(3)12(11)6-7-13(16)14(15)17;1-4-6-12-11(2)9-10-15(3)13(12)7-5-8-14(15)16;1-3-5-10-11-6-4-7-13(16)14(11,2)9-8-12(10)15/h5-6,8-11,15-16,18-22,28-29H,4,7,12-14,17H2,1-3H3;5,7-9,14-15,19-20H,4,6,10-13H2,1-3H3;10-11,13-14,17H,4-9H2,1-3H3;10-12H,4-9H2,1-3H3;11-13H,4-10H2,1-3H3;10-12,15H,3-9H2,1-2H3/b;;12-10-;;;/t22?,28-,29+,33+;15?,19-,20+,22+;11?,13-,14+,16+;10?,11-,12+,15+;11?,12-,13+,15+;10-,11-,12?,14-/m000001/s1. The van der Waals surface area contributed by atoms with E-state index in [-0.39, 0.29) is 67.6 Å². The van der Waals surface area contributed by atoms with Crippen molar-refractivity contribution in [3.63, 3.8) is 0 Å². The van der Waals surface area contributed by atoms with E-state index in [0.717, 1.165) is 210 Å². The predicted octanol–water partition coefficient (Wildman–Crippen LogP) is 28.9. The van der Waals surface area contributed by atoms with E-state index in [4.69, 9.17) is 4.98 Å². The van der Waals surface area contributed by atoms with Crippen molar-refractivity contribution in [1.29, 1.82) is 0 Å². The summed E-state index contributed by atoms with van der Waals surface area (Å²) < 4.78 is 30.2. The van der Waals surface area contributed by atoms with Crippen LogP contribution in [0.25, 0.3) is 28.2 Å². The lowest BCUT2D eigenvalue weighted by Gasteiger charge is -2.51. The highest BCUT2D eigenvalue weighted by atomic mass is 19.1. The molecule has 0 spiro atoms. The molecule has 12 aliphatic rings. The van der Waals surface area contributed by atoms with Gasteiger partial charge in [-0.25, -0.2) is 13.8 Å². The van der Waals surface area contributed by atoms with Crippen LogP contribution in [0.3, 0.4) is 0 Å². The summed E-state index contributed by atoms with van der Waals surface area (Å²) in [4.78, 5) is 83.6. The topological polar surface area (TPSA) is 174 Å². The Morgan fingerprint density at radius 2 is 0.844 bits per heavy atom. The van der Waals surface area contributed by atoms with Crippen LogP contribution in [-0.2, 0) is 47.0 Å². The van der Waals surface area contributed by atoms with Crippen molar-refractivity contribution in [2.75, 3.05) is 0 Å². The summed E-state index contributed by atoms with van der Waals surface area (Å²) in [6, 6.07) is 26.3. The third kappa shape index (κ3) is 20.7. The highest BCUT2D eigenvalue weighted by molar-refractivity contribution is 6.39. The Kier molecular flexibility index (Phi) is 34.0. The second-order valence-electron chi connectivity index (χ2n) is 44.5. The van der Waals surface area contributed by atoms with Crippen LogP contribution < -0.4 is 0 Å². The van der Waals surface area contributed by atoms with E-state index >= 15 is 0 Å². The predicted molar refractivity (Wildman–Crippen MR) is 517 cm³/mol. The Hall–Kier alpha value is -6.86. The van der Waals surface area contributed by atoms with E-state index in [9.17, 15) is 47.8 Å². The van der Waals surface area contributed by atoms with Crippen LogP contribution in [0.2, 0.25) is 0 Å². The molecule has 5 aromatic rings. The van der Waals surface area contributed by atoms with Gasteiger partial charge >= 0.3 is 0 Å². The smallest absolute Gasteiger partial charge is 0.204 e. The maximum atomic E-state index is 14.5. The van der Waals surface area contributed by atoms with Gasteiger partial charge in [-0.05, 0) is 319 Å². The Bertz CT molecular complexity index is 4620. The molecule has 0 aliphatic heterocycles. The fourth-order valence-corrected chi connectivity index (χ4v) is 29.1. The first-order valence-electron chi connectivity index (χ1n) is 51.8. The van der Waals surface area contributed by atoms with Gasteiger partial charge in [0.1, 0.15) is 29.0 Å².